The standard InChI is InChI=1S/C13H20N2O2S/c1-10(2)8-9-15-11(3)12-4-6-13(7-5-12)18(14,16)17/h4-8,11,15H,9H2,1-3H3,(H2,14,16,17). The van der Waals surface area contributed by atoms with E-state index in [2.05, 4.69) is 11.4 Å². The van der Waals surface area contributed by atoms with Crippen LogP contribution in [0.2, 0.25) is 0 Å². The summed E-state index contributed by atoms with van der Waals surface area (Å²) in [6.45, 7) is 6.92. The van der Waals surface area contributed by atoms with Gasteiger partial charge < -0.3 is 5.32 Å². The van der Waals surface area contributed by atoms with E-state index in [-0.39, 0.29) is 10.9 Å². The summed E-state index contributed by atoms with van der Waals surface area (Å²) >= 11 is 0. The van der Waals surface area contributed by atoms with Crippen LogP contribution in [0.3, 0.4) is 0 Å². The van der Waals surface area contributed by atoms with Crippen LogP contribution in [0.25, 0.3) is 0 Å². The molecule has 0 fully saturated rings. The third-order valence-corrected chi connectivity index (χ3v) is 3.57. The highest BCUT2D eigenvalue weighted by molar-refractivity contribution is 7.89. The fourth-order valence-corrected chi connectivity index (χ4v) is 2.02. The second kappa shape index (κ2) is 6.13. The molecule has 3 N–H and O–H groups in total. The molecule has 0 amide bonds. The van der Waals surface area contributed by atoms with E-state index >= 15 is 0 Å². The molecule has 0 aromatic heterocycles. The third kappa shape index (κ3) is 4.60. The van der Waals surface area contributed by atoms with E-state index in [1.54, 1.807) is 12.1 Å². The largest absolute Gasteiger partial charge is 0.307 e. The van der Waals surface area contributed by atoms with Crippen molar-refractivity contribution >= 4 is 10.0 Å². The average molecular weight is 268 g/mol. The van der Waals surface area contributed by atoms with Crippen molar-refractivity contribution in [2.45, 2.75) is 31.7 Å². The fraction of sp³-hybridized carbons (Fsp3) is 0.385. The topological polar surface area (TPSA) is 72.2 Å². The maximum atomic E-state index is 11.1. The van der Waals surface area contributed by atoms with Gasteiger partial charge in [0.25, 0.3) is 0 Å². The third-order valence-electron chi connectivity index (χ3n) is 2.64. The minimum Gasteiger partial charge on any atom is -0.307 e. The van der Waals surface area contributed by atoms with Crippen molar-refractivity contribution in [1.29, 1.82) is 0 Å². The lowest BCUT2D eigenvalue weighted by Gasteiger charge is -2.13. The Bertz CT molecular complexity index is 514. The van der Waals surface area contributed by atoms with Crippen LogP contribution in [-0.2, 0) is 10.0 Å². The number of hydrogen-bond acceptors (Lipinski definition) is 3. The first kappa shape index (κ1) is 14.9. The summed E-state index contributed by atoms with van der Waals surface area (Å²) in [5.41, 5.74) is 2.30. The molecule has 1 aromatic rings. The van der Waals surface area contributed by atoms with Crippen LogP contribution >= 0.6 is 0 Å². The van der Waals surface area contributed by atoms with Crippen molar-refractivity contribution in [3.63, 3.8) is 0 Å². The summed E-state index contributed by atoms with van der Waals surface area (Å²) in [5, 5.41) is 8.38. The summed E-state index contributed by atoms with van der Waals surface area (Å²) in [4.78, 5) is 0.141. The number of nitrogens with two attached hydrogens (primary N) is 1. The zero-order valence-electron chi connectivity index (χ0n) is 11.0. The summed E-state index contributed by atoms with van der Waals surface area (Å²) < 4.78 is 22.2. The van der Waals surface area contributed by atoms with Gasteiger partial charge in [-0.05, 0) is 38.5 Å². The van der Waals surface area contributed by atoms with E-state index in [1.165, 1.54) is 17.7 Å². The van der Waals surface area contributed by atoms with Crippen molar-refractivity contribution in [2.24, 2.45) is 5.14 Å². The summed E-state index contributed by atoms with van der Waals surface area (Å²) in [6, 6.07) is 6.78. The SMILES string of the molecule is CC(C)=CCNC(C)c1ccc(S(N)(=O)=O)cc1. The van der Waals surface area contributed by atoms with Crippen LogP contribution in [-0.4, -0.2) is 15.0 Å². The van der Waals surface area contributed by atoms with Gasteiger partial charge in [0.1, 0.15) is 0 Å². The lowest BCUT2D eigenvalue weighted by atomic mass is 10.1. The summed E-state index contributed by atoms with van der Waals surface area (Å²) in [7, 11) is -3.60. The lowest BCUT2D eigenvalue weighted by Crippen LogP contribution is -2.19. The van der Waals surface area contributed by atoms with Crippen molar-refractivity contribution in [3.05, 3.63) is 41.5 Å². The molecule has 18 heavy (non-hydrogen) atoms. The number of benzene rings is 1. The second-order valence-corrected chi connectivity index (χ2v) is 6.09. The van der Waals surface area contributed by atoms with Crippen LogP contribution in [0, 0.1) is 0 Å². The van der Waals surface area contributed by atoms with Gasteiger partial charge in [-0.2, -0.15) is 0 Å². The Morgan fingerprint density at radius 2 is 1.89 bits per heavy atom. The van der Waals surface area contributed by atoms with E-state index in [9.17, 15) is 8.42 Å². The minimum atomic E-state index is -3.60. The van der Waals surface area contributed by atoms with Gasteiger partial charge in [0.2, 0.25) is 10.0 Å². The highest BCUT2D eigenvalue weighted by Crippen LogP contribution is 2.15. The van der Waals surface area contributed by atoms with Crippen LogP contribution in [0.1, 0.15) is 32.4 Å². The molecule has 0 saturated heterocycles. The smallest absolute Gasteiger partial charge is 0.238 e. The molecule has 0 aliphatic heterocycles. The van der Waals surface area contributed by atoms with Crippen molar-refractivity contribution in [3.8, 4) is 0 Å². The van der Waals surface area contributed by atoms with Crippen LogP contribution in [0.4, 0.5) is 0 Å². The summed E-state index contributed by atoms with van der Waals surface area (Å²) in [5.74, 6) is 0. The Morgan fingerprint density at radius 1 is 1.33 bits per heavy atom. The molecule has 4 nitrogen and oxygen atoms in total. The van der Waals surface area contributed by atoms with Gasteiger partial charge in [0, 0.05) is 12.6 Å². The minimum absolute atomic E-state index is 0.141. The zero-order valence-corrected chi connectivity index (χ0v) is 11.8. The number of rotatable bonds is 5. The summed E-state index contributed by atoms with van der Waals surface area (Å²) in [6.07, 6.45) is 2.11. The Morgan fingerprint density at radius 3 is 2.33 bits per heavy atom. The molecule has 0 spiro atoms. The molecule has 1 aromatic carbocycles. The molecule has 0 saturated carbocycles. The molecule has 0 bridgehead atoms. The molecule has 0 radical (unpaired) electrons. The van der Waals surface area contributed by atoms with E-state index < -0.39 is 10.0 Å². The first-order valence-corrected chi connectivity index (χ1v) is 7.35. The molecule has 0 heterocycles. The average Bonchev–Trinajstić information content (AvgIpc) is 2.27. The second-order valence-electron chi connectivity index (χ2n) is 4.53. The van der Waals surface area contributed by atoms with Crippen LogP contribution in [0.5, 0.6) is 0 Å². The van der Waals surface area contributed by atoms with E-state index in [1.807, 2.05) is 20.8 Å². The van der Waals surface area contributed by atoms with Crippen LogP contribution < -0.4 is 10.5 Å². The van der Waals surface area contributed by atoms with Gasteiger partial charge in [-0.3, -0.25) is 0 Å². The van der Waals surface area contributed by atoms with Crippen molar-refractivity contribution < 1.29 is 8.42 Å². The quantitative estimate of drug-likeness (QED) is 0.802. The Kier molecular flexibility index (Phi) is 5.07. The normalized spacial score (nSPS) is 13.1. The molecule has 5 heteroatoms. The van der Waals surface area contributed by atoms with E-state index in [0.29, 0.717) is 0 Å². The number of hydrogen-bond donors (Lipinski definition) is 2. The lowest BCUT2D eigenvalue weighted by molar-refractivity contribution is 0.596. The zero-order chi connectivity index (χ0) is 13.8. The van der Waals surface area contributed by atoms with E-state index in [4.69, 9.17) is 5.14 Å². The van der Waals surface area contributed by atoms with Gasteiger partial charge in [-0.25, -0.2) is 13.6 Å². The van der Waals surface area contributed by atoms with Gasteiger partial charge in [0.15, 0.2) is 0 Å². The highest BCUT2D eigenvalue weighted by Gasteiger charge is 2.09. The number of allylic oxidation sites excluding steroid dienone is 1. The Hall–Kier alpha value is -1.17. The molecule has 0 aliphatic rings. The maximum Gasteiger partial charge on any atom is 0.238 e. The predicted octanol–water partition coefficient (Wildman–Crippen LogP) is 1.95. The monoisotopic (exact) mass is 268 g/mol. The van der Waals surface area contributed by atoms with Crippen LogP contribution in [0.15, 0.2) is 40.8 Å². The first-order chi connectivity index (χ1) is 8.30. The number of primary sulfonamides is 1. The van der Waals surface area contributed by atoms with Crippen molar-refractivity contribution in [2.75, 3.05) is 6.54 Å². The van der Waals surface area contributed by atoms with Gasteiger partial charge in [-0.1, -0.05) is 23.8 Å². The maximum absolute atomic E-state index is 11.1. The molecule has 1 unspecified atom stereocenters. The van der Waals surface area contributed by atoms with Gasteiger partial charge in [-0.15, -0.1) is 0 Å². The molecule has 1 atom stereocenters. The van der Waals surface area contributed by atoms with Gasteiger partial charge in [0.05, 0.1) is 4.90 Å². The fourth-order valence-electron chi connectivity index (χ4n) is 1.50. The predicted molar refractivity (Wildman–Crippen MR) is 73.7 cm³/mol. The first-order valence-electron chi connectivity index (χ1n) is 5.80. The van der Waals surface area contributed by atoms with E-state index in [0.717, 1.165) is 12.1 Å². The molecular weight excluding hydrogens is 248 g/mol. The molecule has 100 valence electrons. The van der Waals surface area contributed by atoms with Crippen molar-refractivity contribution in [1.82, 2.24) is 5.32 Å². The highest BCUT2D eigenvalue weighted by atomic mass is 32.2. The molecule has 0 aliphatic carbocycles. The molecule has 1 rings (SSSR count). The number of nitrogens with one attached hydrogen (secondary N) is 1. The Balaban J connectivity index is 2.71. The van der Waals surface area contributed by atoms with Gasteiger partial charge >= 0.3 is 0 Å². The molecular formula is C13H20N2O2S. The number of sulfonamides is 1. The Labute approximate surface area is 109 Å².